The molecule has 1 fully saturated rings. The van der Waals surface area contributed by atoms with Crippen molar-refractivity contribution in [2.45, 2.75) is 57.3 Å². The van der Waals surface area contributed by atoms with Crippen LogP contribution in [-0.4, -0.2) is 31.7 Å². The number of hydrogen-bond acceptors (Lipinski definition) is 4. The summed E-state index contributed by atoms with van der Waals surface area (Å²) < 4.78 is 28.3. The topological polar surface area (TPSA) is 103 Å². The number of hydrogen-bond donors (Lipinski definition) is 1. The minimum absolute atomic E-state index is 0.0366. The van der Waals surface area contributed by atoms with Crippen LogP contribution >= 0.6 is 0 Å². The van der Waals surface area contributed by atoms with Crippen molar-refractivity contribution in [3.05, 3.63) is 30.3 Å². The summed E-state index contributed by atoms with van der Waals surface area (Å²) in [6, 6.07) is 9.76. The van der Waals surface area contributed by atoms with E-state index in [1.165, 1.54) is 31.9 Å². The lowest BCUT2D eigenvalue weighted by Crippen LogP contribution is -2.46. The van der Waals surface area contributed by atoms with Gasteiger partial charge in [0.1, 0.15) is 12.4 Å². The zero-order valence-electron chi connectivity index (χ0n) is 15.8. The van der Waals surface area contributed by atoms with Gasteiger partial charge in [-0.05, 0) is 43.7 Å². The van der Waals surface area contributed by atoms with Gasteiger partial charge in [-0.15, -0.1) is 4.40 Å². The van der Waals surface area contributed by atoms with Crippen LogP contribution in [0.2, 0.25) is 0 Å². The predicted molar refractivity (Wildman–Crippen MR) is 103 cm³/mol. The number of hydrazine groups is 1. The van der Waals surface area contributed by atoms with Crippen LogP contribution in [0.1, 0.15) is 52.4 Å². The third-order valence-corrected chi connectivity index (χ3v) is 6.26. The van der Waals surface area contributed by atoms with Crippen LogP contribution < -0.4 is 5.43 Å². The highest BCUT2D eigenvalue weighted by molar-refractivity contribution is 7.90. The predicted octanol–water partition coefficient (Wildman–Crippen LogP) is 3.01. The van der Waals surface area contributed by atoms with Crippen molar-refractivity contribution >= 4 is 21.8 Å². The van der Waals surface area contributed by atoms with E-state index in [0.717, 1.165) is 24.3 Å². The van der Waals surface area contributed by atoms with Crippen molar-refractivity contribution in [1.82, 2.24) is 10.4 Å². The number of sulfonamides is 1. The molecule has 146 valence electrons. The zero-order chi connectivity index (χ0) is 19.9. The fourth-order valence-corrected chi connectivity index (χ4v) is 4.33. The second kappa shape index (κ2) is 9.00. The van der Waals surface area contributed by atoms with Gasteiger partial charge in [-0.3, -0.25) is 10.2 Å². The number of carbonyl (C=O) groups excluding carboxylic acids is 1. The van der Waals surface area contributed by atoms with E-state index in [0.29, 0.717) is 6.42 Å². The fraction of sp³-hybridized carbons (Fsp3) is 0.526. The molecule has 0 aliphatic heterocycles. The van der Waals surface area contributed by atoms with Crippen molar-refractivity contribution in [3.8, 4) is 6.07 Å². The Bertz CT molecular complexity index is 822. The highest BCUT2D eigenvalue weighted by Crippen LogP contribution is 2.41. The van der Waals surface area contributed by atoms with E-state index in [2.05, 4.69) is 16.7 Å². The van der Waals surface area contributed by atoms with Gasteiger partial charge in [0.25, 0.3) is 10.0 Å². The molecule has 1 N–H and O–H groups in total. The summed E-state index contributed by atoms with van der Waals surface area (Å²) in [5.41, 5.74) is 2.84. The first kappa shape index (κ1) is 20.9. The molecule has 0 aromatic heterocycles. The number of nitrogens with zero attached hydrogens (tertiary/aromatic N) is 3. The van der Waals surface area contributed by atoms with Crippen molar-refractivity contribution in [2.75, 3.05) is 6.54 Å². The average Bonchev–Trinajstić information content (AvgIpc) is 3.06. The minimum atomic E-state index is -3.88. The Balaban J connectivity index is 2.03. The summed E-state index contributed by atoms with van der Waals surface area (Å²) in [5, 5.41) is 10.1. The molecule has 1 aromatic carbocycles. The molecule has 0 radical (unpaired) electrons. The average molecular weight is 391 g/mol. The van der Waals surface area contributed by atoms with E-state index in [-0.39, 0.29) is 28.6 Å². The van der Waals surface area contributed by atoms with Gasteiger partial charge in [0.2, 0.25) is 5.91 Å². The van der Waals surface area contributed by atoms with E-state index in [4.69, 9.17) is 5.26 Å². The molecular weight excluding hydrogens is 364 g/mol. The quantitative estimate of drug-likeness (QED) is 0.348. The summed E-state index contributed by atoms with van der Waals surface area (Å²) in [4.78, 5) is 12.6. The van der Waals surface area contributed by atoms with Crippen LogP contribution in [0.4, 0.5) is 0 Å². The molecular formula is C19H26N4O3S. The molecule has 8 heteroatoms. The molecule has 1 aliphatic carbocycles. The highest BCUT2D eigenvalue weighted by atomic mass is 32.2. The van der Waals surface area contributed by atoms with Gasteiger partial charge in [-0.25, -0.2) is 5.01 Å². The van der Waals surface area contributed by atoms with E-state index in [1.54, 1.807) is 18.2 Å². The van der Waals surface area contributed by atoms with E-state index in [1.807, 2.05) is 6.07 Å². The second-order valence-electron chi connectivity index (χ2n) is 7.23. The molecule has 0 unspecified atom stereocenters. The Morgan fingerprint density at radius 3 is 2.52 bits per heavy atom. The van der Waals surface area contributed by atoms with Gasteiger partial charge in [-0.2, -0.15) is 13.7 Å². The van der Waals surface area contributed by atoms with Crippen molar-refractivity contribution in [3.63, 3.8) is 0 Å². The summed E-state index contributed by atoms with van der Waals surface area (Å²) >= 11 is 0. The third kappa shape index (κ3) is 6.07. The number of amides is 1. The Labute approximate surface area is 161 Å². The number of benzene rings is 1. The molecule has 7 nitrogen and oxygen atoms in total. The first-order valence-electron chi connectivity index (χ1n) is 9.06. The lowest BCUT2D eigenvalue weighted by atomic mass is 9.84. The van der Waals surface area contributed by atoms with Gasteiger partial charge in [0, 0.05) is 6.42 Å². The van der Waals surface area contributed by atoms with Crippen LogP contribution in [0.3, 0.4) is 0 Å². The Morgan fingerprint density at radius 1 is 1.30 bits per heavy atom. The number of amidine groups is 1. The van der Waals surface area contributed by atoms with Gasteiger partial charge in [0.15, 0.2) is 0 Å². The molecule has 1 saturated carbocycles. The van der Waals surface area contributed by atoms with E-state index < -0.39 is 10.0 Å². The van der Waals surface area contributed by atoms with E-state index in [9.17, 15) is 13.2 Å². The molecule has 0 heterocycles. The third-order valence-electron chi connectivity index (χ3n) is 4.88. The Kier molecular flexibility index (Phi) is 6.97. The minimum Gasteiger partial charge on any atom is -0.281 e. The molecule has 1 aliphatic rings. The maximum absolute atomic E-state index is 12.5. The molecule has 0 atom stereocenters. The number of rotatable bonds is 6. The first-order chi connectivity index (χ1) is 12.8. The van der Waals surface area contributed by atoms with Crippen LogP contribution in [0.15, 0.2) is 39.6 Å². The molecule has 2 rings (SSSR count). The van der Waals surface area contributed by atoms with Crippen LogP contribution in [-0.2, 0) is 14.8 Å². The van der Waals surface area contributed by atoms with Crippen LogP contribution in [0.5, 0.6) is 0 Å². The summed E-state index contributed by atoms with van der Waals surface area (Å²) in [6.07, 6.45) is 5.67. The lowest BCUT2D eigenvalue weighted by Gasteiger charge is -2.26. The normalized spacial score (nSPS) is 16.6. The highest BCUT2D eigenvalue weighted by Gasteiger charge is 2.29. The maximum Gasteiger partial charge on any atom is 0.283 e. The van der Waals surface area contributed by atoms with Gasteiger partial charge in [0.05, 0.1) is 11.0 Å². The van der Waals surface area contributed by atoms with Crippen molar-refractivity contribution in [1.29, 1.82) is 5.26 Å². The lowest BCUT2D eigenvalue weighted by molar-refractivity contribution is -0.133. The first-order valence-corrected chi connectivity index (χ1v) is 10.5. The largest absolute Gasteiger partial charge is 0.283 e. The van der Waals surface area contributed by atoms with E-state index >= 15 is 0 Å². The Morgan fingerprint density at radius 2 is 1.93 bits per heavy atom. The smallest absolute Gasteiger partial charge is 0.281 e. The SMILES string of the molecule is CC(=NS(=O)(=O)c1ccccc1)NN(CC#N)C(=O)CCC1(C)CCCC1. The molecule has 27 heavy (non-hydrogen) atoms. The van der Waals surface area contributed by atoms with Crippen LogP contribution in [0.25, 0.3) is 0 Å². The van der Waals surface area contributed by atoms with Crippen molar-refractivity contribution in [2.24, 2.45) is 9.81 Å². The van der Waals surface area contributed by atoms with Crippen LogP contribution in [0, 0.1) is 16.7 Å². The molecule has 1 aromatic rings. The number of carbonyl (C=O) groups is 1. The second-order valence-corrected chi connectivity index (χ2v) is 8.84. The van der Waals surface area contributed by atoms with Gasteiger partial charge >= 0.3 is 0 Å². The van der Waals surface area contributed by atoms with Crippen molar-refractivity contribution < 1.29 is 13.2 Å². The van der Waals surface area contributed by atoms with Gasteiger partial charge < -0.3 is 0 Å². The molecule has 0 spiro atoms. The molecule has 0 bridgehead atoms. The van der Waals surface area contributed by atoms with Gasteiger partial charge in [-0.1, -0.05) is 38.0 Å². The summed E-state index contributed by atoms with van der Waals surface area (Å²) in [7, 11) is -3.88. The fourth-order valence-electron chi connectivity index (χ4n) is 3.32. The molecule has 0 saturated heterocycles. The molecule has 1 amide bonds. The maximum atomic E-state index is 12.5. The summed E-state index contributed by atoms with van der Waals surface area (Å²) in [5.74, 6) is -0.203. The monoisotopic (exact) mass is 390 g/mol. The number of nitriles is 1. The zero-order valence-corrected chi connectivity index (χ0v) is 16.6. The Hall–Kier alpha value is -2.40. The summed E-state index contributed by atoms with van der Waals surface area (Å²) in [6.45, 7) is 3.46. The standard InChI is InChI=1S/C19H26N4O3S/c1-16(22-27(25,26)17-8-4-3-5-9-17)21-23(15-14-20)18(24)10-13-19(2)11-6-7-12-19/h3-5,8-9H,6-7,10-13,15H2,1-2H3,(H,21,22). The number of nitrogens with one attached hydrogen (secondary N) is 1.